The van der Waals surface area contributed by atoms with Gasteiger partial charge in [0, 0.05) is 54.8 Å². The van der Waals surface area contributed by atoms with Crippen molar-refractivity contribution < 1.29 is 23.9 Å². The molecule has 1 aliphatic rings. The molecule has 0 spiro atoms. The summed E-state index contributed by atoms with van der Waals surface area (Å²) in [5.74, 6) is 0.0358. The van der Waals surface area contributed by atoms with Gasteiger partial charge in [0.1, 0.15) is 5.75 Å². The molecule has 3 rings (SSSR count). The number of halogens is 1. The fraction of sp³-hybridized carbons (Fsp3) is 0.413. The Morgan fingerprint density at radius 3 is 1.73 bits per heavy atom. The highest BCUT2D eigenvalue weighted by molar-refractivity contribution is 6.30. The number of amides is 2. The predicted octanol–water partition coefficient (Wildman–Crippen LogP) is 9.14. The van der Waals surface area contributed by atoms with Crippen LogP contribution in [0.1, 0.15) is 88.1 Å². The highest BCUT2D eigenvalue weighted by Gasteiger charge is 2.31. The minimum Gasteiger partial charge on any atom is -0.478 e. The summed E-state index contributed by atoms with van der Waals surface area (Å²) < 4.78 is 11.6. The van der Waals surface area contributed by atoms with E-state index in [-0.39, 0.29) is 23.6 Å². The van der Waals surface area contributed by atoms with Crippen molar-refractivity contribution in [2.24, 2.45) is 0 Å². The lowest BCUT2D eigenvalue weighted by atomic mass is 10.0. The molecule has 0 radical (unpaired) electrons. The van der Waals surface area contributed by atoms with E-state index < -0.39 is 5.60 Å². The maximum Gasteiger partial charge on any atom is 0.263 e. The molecule has 0 aromatic heterocycles. The quantitative estimate of drug-likeness (QED) is 0.0817. The number of rotatable bonds is 24. The largest absolute Gasteiger partial charge is 0.478 e. The highest BCUT2D eigenvalue weighted by Crippen LogP contribution is 2.21. The number of benzene rings is 2. The second kappa shape index (κ2) is 26.3. The number of nitrogens with one attached hydrogen (secondary N) is 2. The van der Waals surface area contributed by atoms with Gasteiger partial charge < -0.3 is 20.1 Å². The van der Waals surface area contributed by atoms with Crippen molar-refractivity contribution in [1.82, 2.24) is 15.5 Å². The maximum atomic E-state index is 13.3. The van der Waals surface area contributed by atoms with Gasteiger partial charge in [0.05, 0.1) is 13.2 Å². The van der Waals surface area contributed by atoms with Crippen LogP contribution in [0.25, 0.3) is 0 Å². The summed E-state index contributed by atoms with van der Waals surface area (Å²) in [7, 11) is 0. The summed E-state index contributed by atoms with van der Waals surface area (Å²) in [5, 5.41) is 6.67. The van der Waals surface area contributed by atoms with Crippen LogP contribution in [-0.4, -0.2) is 73.5 Å². The molecule has 1 fully saturated rings. The summed E-state index contributed by atoms with van der Waals surface area (Å²) in [6.07, 6.45) is 32.8. The first-order chi connectivity index (χ1) is 26.7. The summed E-state index contributed by atoms with van der Waals surface area (Å²) in [6.45, 7) is 8.95. The van der Waals surface area contributed by atoms with Crippen molar-refractivity contribution in [3.05, 3.63) is 138 Å². The molecule has 296 valence electrons. The number of carbonyl (C=O) groups is 3. The molecule has 2 amide bonds. The van der Waals surface area contributed by atoms with Crippen molar-refractivity contribution in [2.75, 3.05) is 39.4 Å². The van der Waals surface area contributed by atoms with Crippen molar-refractivity contribution in [2.45, 2.75) is 83.8 Å². The topological polar surface area (TPSA) is 97.0 Å². The number of nitrogens with zero attached hydrogens (tertiary/aromatic N) is 1. The van der Waals surface area contributed by atoms with E-state index in [1.807, 2.05) is 6.08 Å². The third-order valence-electron chi connectivity index (χ3n) is 8.87. The minimum atomic E-state index is -1.18. The molecule has 0 saturated carbocycles. The van der Waals surface area contributed by atoms with Gasteiger partial charge in [0.2, 0.25) is 5.91 Å². The molecule has 1 unspecified atom stereocenters. The molecule has 55 heavy (non-hydrogen) atoms. The fourth-order valence-electron chi connectivity index (χ4n) is 5.65. The number of carbonyl (C=O) groups excluding carboxylic acids is 3. The fourth-order valence-corrected chi connectivity index (χ4v) is 5.78. The number of ether oxygens (including phenoxy) is 2. The van der Waals surface area contributed by atoms with E-state index in [0.717, 1.165) is 51.6 Å². The third-order valence-corrected chi connectivity index (χ3v) is 9.12. The van der Waals surface area contributed by atoms with Gasteiger partial charge in [-0.3, -0.25) is 19.3 Å². The van der Waals surface area contributed by atoms with E-state index in [9.17, 15) is 14.4 Å². The third kappa shape index (κ3) is 18.6. The SMILES string of the molecule is CC/C=C\C/C=C\C/C=C\C/C=C\C/C=C\C/C=C\CCC(=O)NCC(CNC(=O)C(C)(C)Oc1ccc(C(=O)c2ccc(Cl)cc2)cc1)N1CCOCC1. The van der Waals surface area contributed by atoms with E-state index in [4.69, 9.17) is 21.1 Å². The molecule has 1 saturated heterocycles. The van der Waals surface area contributed by atoms with Gasteiger partial charge in [-0.15, -0.1) is 0 Å². The lowest BCUT2D eigenvalue weighted by molar-refractivity contribution is -0.134. The average Bonchev–Trinajstić information content (AvgIpc) is 3.19. The van der Waals surface area contributed by atoms with Crippen LogP contribution in [-0.2, 0) is 14.3 Å². The molecule has 1 heterocycles. The zero-order chi connectivity index (χ0) is 39.6. The zero-order valence-corrected chi connectivity index (χ0v) is 33.6. The Morgan fingerprint density at radius 1 is 0.727 bits per heavy atom. The normalized spacial score (nSPS) is 14.9. The van der Waals surface area contributed by atoms with Crippen molar-refractivity contribution in [3.63, 3.8) is 0 Å². The molecule has 9 heteroatoms. The molecular formula is C46H60ClN3O5. The lowest BCUT2D eigenvalue weighted by Crippen LogP contribution is -2.56. The average molecular weight is 770 g/mol. The van der Waals surface area contributed by atoms with Crippen LogP contribution in [0.3, 0.4) is 0 Å². The van der Waals surface area contributed by atoms with Gasteiger partial charge >= 0.3 is 0 Å². The molecule has 0 aliphatic carbocycles. The maximum absolute atomic E-state index is 13.3. The zero-order valence-electron chi connectivity index (χ0n) is 32.9. The van der Waals surface area contributed by atoms with E-state index in [0.29, 0.717) is 61.0 Å². The van der Waals surface area contributed by atoms with Crippen LogP contribution in [0.15, 0.2) is 121 Å². The molecule has 1 atom stereocenters. The molecule has 2 N–H and O–H groups in total. The van der Waals surface area contributed by atoms with Crippen LogP contribution in [0, 0.1) is 0 Å². The van der Waals surface area contributed by atoms with E-state index >= 15 is 0 Å². The Labute approximate surface area is 334 Å². The van der Waals surface area contributed by atoms with Crippen molar-refractivity contribution in [3.8, 4) is 5.75 Å². The van der Waals surface area contributed by atoms with E-state index in [2.05, 4.69) is 89.3 Å². The van der Waals surface area contributed by atoms with Crippen molar-refractivity contribution in [1.29, 1.82) is 0 Å². The molecule has 1 aliphatic heterocycles. The standard InChI is InChI=1S/C46H60ClN3O5/c1-4-5-6-7-8-9-10-11-12-13-14-15-16-17-18-19-20-21-22-23-43(51)48-36-41(50-32-34-54-35-33-50)37-49-45(53)46(2,3)55-42-30-26-39(27-31-42)44(52)38-24-28-40(47)29-25-38/h5-6,8-9,11-12,14-15,17-18,20-21,24-31,41H,4,7,10,13,16,19,22-23,32-37H2,1-3H3,(H,48,51)(H,49,53)/b6-5-,9-8-,12-11-,15-14-,18-17-,21-20-. The monoisotopic (exact) mass is 769 g/mol. The Kier molecular flexibility index (Phi) is 21.5. The number of hydrogen-bond acceptors (Lipinski definition) is 6. The summed E-state index contributed by atoms with van der Waals surface area (Å²) >= 11 is 5.95. The van der Waals surface area contributed by atoms with Gasteiger partial charge in [-0.2, -0.15) is 0 Å². The first-order valence-electron chi connectivity index (χ1n) is 19.6. The second-order valence-corrected chi connectivity index (χ2v) is 14.2. The second-order valence-electron chi connectivity index (χ2n) is 13.7. The first kappa shape index (κ1) is 44.9. The van der Waals surface area contributed by atoms with Gasteiger partial charge in [0.25, 0.3) is 5.91 Å². The molecule has 2 aromatic rings. The Bertz CT molecular complexity index is 1620. The minimum absolute atomic E-state index is 0.0224. The van der Waals surface area contributed by atoms with Crippen LogP contribution >= 0.6 is 11.6 Å². The van der Waals surface area contributed by atoms with Gasteiger partial charge in [0.15, 0.2) is 11.4 Å². The summed E-state index contributed by atoms with van der Waals surface area (Å²) in [6, 6.07) is 13.4. The van der Waals surface area contributed by atoms with Gasteiger partial charge in [-0.05, 0) is 107 Å². The van der Waals surface area contributed by atoms with E-state index in [1.54, 1.807) is 62.4 Å². The Hall–Kier alpha value is -4.50. The van der Waals surface area contributed by atoms with Crippen LogP contribution in [0.4, 0.5) is 0 Å². The number of hydrogen-bond donors (Lipinski definition) is 2. The summed E-state index contributed by atoms with van der Waals surface area (Å²) in [4.78, 5) is 41.1. The highest BCUT2D eigenvalue weighted by atomic mass is 35.5. The van der Waals surface area contributed by atoms with E-state index in [1.165, 1.54) is 0 Å². The Morgan fingerprint density at radius 2 is 1.20 bits per heavy atom. The molecular weight excluding hydrogens is 710 g/mol. The summed E-state index contributed by atoms with van der Waals surface area (Å²) in [5.41, 5.74) is -0.141. The van der Waals surface area contributed by atoms with Crippen LogP contribution in [0.5, 0.6) is 5.75 Å². The Balaban J connectivity index is 1.35. The molecule has 8 nitrogen and oxygen atoms in total. The lowest BCUT2D eigenvalue weighted by Gasteiger charge is -2.35. The van der Waals surface area contributed by atoms with Crippen LogP contribution < -0.4 is 15.4 Å². The van der Waals surface area contributed by atoms with Gasteiger partial charge in [-0.1, -0.05) is 91.4 Å². The molecule has 2 aromatic carbocycles. The number of allylic oxidation sites excluding steroid dienone is 12. The number of morpholine rings is 1. The van der Waals surface area contributed by atoms with Crippen molar-refractivity contribution >= 4 is 29.2 Å². The van der Waals surface area contributed by atoms with Gasteiger partial charge in [-0.25, -0.2) is 0 Å². The number of ketones is 1. The van der Waals surface area contributed by atoms with Crippen LogP contribution in [0.2, 0.25) is 5.02 Å². The molecule has 0 bridgehead atoms. The predicted molar refractivity (Wildman–Crippen MR) is 226 cm³/mol. The first-order valence-corrected chi connectivity index (χ1v) is 19.9. The smallest absolute Gasteiger partial charge is 0.263 e.